The van der Waals surface area contributed by atoms with E-state index in [0.717, 1.165) is 16.7 Å². The third kappa shape index (κ3) is 3.80. The largest absolute Gasteiger partial charge is 0.493 e. The van der Waals surface area contributed by atoms with Crippen molar-refractivity contribution in [2.45, 2.75) is 13.3 Å². The number of hydrogen-bond acceptors (Lipinski definition) is 6. The summed E-state index contributed by atoms with van der Waals surface area (Å²) in [6, 6.07) is 13.4. The minimum absolute atomic E-state index is 0.231. The SMILES string of the molecule is CCOc1cc(-c2ccc(CC(=O)OC)cc2)ccc1-c1nc2[nH]cnc2c(=O)[nH]1. The number of hydrogen-bond donors (Lipinski definition) is 2. The fourth-order valence-corrected chi connectivity index (χ4v) is 3.20. The van der Waals surface area contributed by atoms with E-state index in [9.17, 15) is 9.59 Å². The Bertz CT molecular complexity index is 1260. The van der Waals surface area contributed by atoms with Crippen LogP contribution < -0.4 is 10.3 Å². The van der Waals surface area contributed by atoms with Crippen LogP contribution in [0.2, 0.25) is 0 Å². The first-order chi connectivity index (χ1) is 14.6. The van der Waals surface area contributed by atoms with Crippen molar-refractivity contribution in [3.63, 3.8) is 0 Å². The molecule has 0 atom stereocenters. The lowest BCUT2D eigenvalue weighted by Crippen LogP contribution is -2.10. The molecule has 4 rings (SSSR count). The molecule has 2 heterocycles. The van der Waals surface area contributed by atoms with E-state index in [0.29, 0.717) is 29.4 Å². The van der Waals surface area contributed by atoms with E-state index in [-0.39, 0.29) is 23.5 Å². The number of aromatic nitrogens is 4. The van der Waals surface area contributed by atoms with Crippen molar-refractivity contribution in [3.8, 4) is 28.3 Å². The zero-order valence-electron chi connectivity index (χ0n) is 16.6. The molecule has 8 nitrogen and oxygen atoms in total. The summed E-state index contributed by atoms with van der Waals surface area (Å²) < 4.78 is 10.5. The first-order valence-corrected chi connectivity index (χ1v) is 9.45. The van der Waals surface area contributed by atoms with Crippen molar-refractivity contribution in [2.75, 3.05) is 13.7 Å². The minimum Gasteiger partial charge on any atom is -0.493 e. The molecule has 8 heteroatoms. The lowest BCUT2D eigenvalue weighted by atomic mass is 10.0. The maximum atomic E-state index is 12.3. The molecule has 0 unspecified atom stereocenters. The van der Waals surface area contributed by atoms with Crippen molar-refractivity contribution in [1.29, 1.82) is 0 Å². The van der Waals surface area contributed by atoms with Gasteiger partial charge in [-0.05, 0) is 35.7 Å². The number of carbonyl (C=O) groups is 1. The first kappa shape index (κ1) is 19.4. The number of ether oxygens (including phenoxy) is 2. The van der Waals surface area contributed by atoms with Gasteiger partial charge in [0.2, 0.25) is 0 Å². The topological polar surface area (TPSA) is 110 Å². The summed E-state index contributed by atoms with van der Waals surface area (Å²) in [5, 5.41) is 0. The maximum Gasteiger partial charge on any atom is 0.309 e. The Balaban J connectivity index is 1.71. The maximum absolute atomic E-state index is 12.3. The fourth-order valence-electron chi connectivity index (χ4n) is 3.20. The van der Waals surface area contributed by atoms with E-state index >= 15 is 0 Å². The van der Waals surface area contributed by atoms with Crippen molar-refractivity contribution in [1.82, 2.24) is 19.9 Å². The van der Waals surface area contributed by atoms with Crippen LogP contribution in [0.25, 0.3) is 33.7 Å². The number of imidazole rings is 1. The van der Waals surface area contributed by atoms with Crippen LogP contribution in [0.5, 0.6) is 5.75 Å². The zero-order valence-corrected chi connectivity index (χ0v) is 16.6. The van der Waals surface area contributed by atoms with Gasteiger partial charge in [-0.15, -0.1) is 0 Å². The molecule has 0 aliphatic carbocycles. The van der Waals surface area contributed by atoms with Crippen molar-refractivity contribution in [3.05, 3.63) is 64.7 Å². The molecule has 2 N–H and O–H groups in total. The lowest BCUT2D eigenvalue weighted by molar-refractivity contribution is -0.139. The monoisotopic (exact) mass is 404 g/mol. The van der Waals surface area contributed by atoms with Gasteiger partial charge in [0.15, 0.2) is 11.2 Å². The van der Waals surface area contributed by atoms with Gasteiger partial charge < -0.3 is 19.4 Å². The van der Waals surface area contributed by atoms with Gasteiger partial charge in [-0.25, -0.2) is 9.97 Å². The molecule has 30 heavy (non-hydrogen) atoms. The van der Waals surface area contributed by atoms with E-state index in [1.807, 2.05) is 49.4 Å². The molecule has 4 aromatic rings. The third-order valence-corrected chi connectivity index (χ3v) is 4.69. The van der Waals surface area contributed by atoms with E-state index in [4.69, 9.17) is 9.47 Å². The van der Waals surface area contributed by atoms with Gasteiger partial charge >= 0.3 is 5.97 Å². The number of esters is 1. The molecule has 0 aliphatic rings. The average Bonchev–Trinajstić information content (AvgIpc) is 3.24. The summed E-state index contributed by atoms with van der Waals surface area (Å²) in [6.07, 6.45) is 1.67. The molecular formula is C22H20N4O4. The second-order valence-electron chi connectivity index (χ2n) is 6.61. The third-order valence-electron chi connectivity index (χ3n) is 4.69. The van der Waals surface area contributed by atoms with Gasteiger partial charge in [-0.1, -0.05) is 30.3 Å². The predicted molar refractivity (Wildman–Crippen MR) is 112 cm³/mol. The number of H-pyrrole nitrogens is 2. The Kier molecular flexibility index (Phi) is 5.30. The molecular weight excluding hydrogens is 384 g/mol. The number of methoxy groups -OCH3 is 1. The number of benzene rings is 2. The molecule has 0 radical (unpaired) electrons. The summed E-state index contributed by atoms with van der Waals surface area (Å²) >= 11 is 0. The van der Waals surface area contributed by atoms with Gasteiger partial charge in [0, 0.05) is 0 Å². The van der Waals surface area contributed by atoms with E-state index in [1.54, 1.807) is 0 Å². The normalized spacial score (nSPS) is 10.9. The van der Waals surface area contributed by atoms with Gasteiger partial charge in [0.05, 0.1) is 32.0 Å². The number of carbonyl (C=O) groups excluding carboxylic acids is 1. The molecule has 0 saturated carbocycles. The Hall–Kier alpha value is -3.94. The zero-order chi connectivity index (χ0) is 21.1. The van der Waals surface area contributed by atoms with Gasteiger partial charge in [0.25, 0.3) is 5.56 Å². The summed E-state index contributed by atoms with van der Waals surface area (Å²) in [6.45, 7) is 2.36. The molecule has 0 amide bonds. The van der Waals surface area contributed by atoms with Crippen molar-refractivity contribution < 1.29 is 14.3 Å². The molecule has 0 bridgehead atoms. The smallest absolute Gasteiger partial charge is 0.309 e. The number of aromatic amines is 2. The van der Waals surface area contributed by atoms with Gasteiger partial charge in [0.1, 0.15) is 11.6 Å². The van der Waals surface area contributed by atoms with Gasteiger partial charge in [-0.2, -0.15) is 0 Å². The second-order valence-corrected chi connectivity index (χ2v) is 6.61. The van der Waals surface area contributed by atoms with Crippen LogP contribution in [-0.2, 0) is 16.0 Å². The second kappa shape index (κ2) is 8.20. The van der Waals surface area contributed by atoms with Crippen molar-refractivity contribution >= 4 is 17.1 Å². The van der Waals surface area contributed by atoms with Crippen LogP contribution >= 0.6 is 0 Å². The average molecular weight is 404 g/mol. The summed E-state index contributed by atoms with van der Waals surface area (Å²) in [7, 11) is 1.37. The van der Waals surface area contributed by atoms with Crippen LogP contribution in [0.3, 0.4) is 0 Å². The Labute approximate surface area is 171 Å². The molecule has 0 fully saturated rings. The Morgan fingerprint density at radius 3 is 2.60 bits per heavy atom. The van der Waals surface area contributed by atoms with E-state index < -0.39 is 0 Å². The molecule has 2 aromatic carbocycles. The van der Waals surface area contributed by atoms with Crippen LogP contribution in [0, 0.1) is 0 Å². The highest BCUT2D eigenvalue weighted by Gasteiger charge is 2.14. The quantitative estimate of drug-likeness (QED) is 0.478. The van der Waals surface area contributed by atoms with Crippen LogP contribution in [-0.4, -0.2) is 39.6 Å². The highest BCUT2D eigenvalue weighted by atomic mass is 16.5. The predicted octanol–water partition coefficient (Wildman–Crippen LogP) is 3.09. The van der Waals surface area contributed by atoms with Crippen molar-refractivity contribution in [2.24, 2.45) is 0 Å². The highest BCUT2D eigenvalue weighted by Crippen LogP contribution is 2.33. The number of fused-ring (bicyclic) bond motifs is 1. The first-order valence-electron chi connectivity index (χ1n) is 9.45. The van der Waals surface area contributed by atoms with E-state index in [1.165, 1.54) is 13.4 Å². The number of nitrogens with one attached hydrogen (secondary N) is 2. The van der Waals surface area contributed by atoms with Crippen LogP contribution in [0.15, 0.2) is 53.6 Å². The summed E-state index contributed by atoms with van der Waals surface area (Å²) in [5.74, 6) is 0.734. The minimum atomic E-state index is -0.316. The Morgan fingerprint density at radius 2 is 1.87 bits per heavy atom. The number of nitrogens with zero attached hydrogens (tertiary/aromatic N) is 2. The Morgan fingerprint density at radius 1 is 1.10 bits per heavy atom. The summed E-state index contributed by atoms with van der Waals surface area (Å²) in [5.41, 5.74) is 3.84. The highest BCUT2D eigenvalue weighted by molar-refractivity contribution is 5.77. The van der Waals surface area contributed by atoms with Crippen LogP contribution in [0.4, 0.5) is 0 Å². The molecule has 0 spiro atoms. The van der Waals surface area contributed by atoms with E-state index in [2.05, 4.69) is 19.9 Å². The fraction of sp³-hybridized carbons (Fsp3) is 0.182. The number of rotatable bonds is 6. The molecule has 0 saturated heterocycles. The summed E-state index contributed by atoms with van der Waals surface area (Å²) in [4.78, 5) is 37.8. The molecule has 152 valence electrons. The molecule has 2 aromatic heterocycles. The molecule has 0 aliphatic heterocycles. The standard InChI is InChI=1S/C22H20N4O4/c1-3-30-17-11-15(14-6-4-13(5-7-14)10-18(27)29-2)8-9-16(17)20-25-21-19(22(28)26-20)23-12-24-21/h4-9,11-12H,3,10H2,1-2H3,(H2,23,24,25,26,28). The lowest BCUT2D eigenvalue weighted by Gasteiger charge is -2.12. The van der Waals surface area contributed by atoms with Crippen LogP contribution in [0.1, 0.15) is 12.5 Å². The van der Waals surface area contributed by atoms with Gasteiger partial charge in [-0.3, -0.25) is 9.59 Å².